The molecule has 0 fully saturated rings. The van der Waals surface area contributed by atoms with E-state index in [0.717, 1.165) is 6.66 Å². The van der Waals surface area contributed by atoms with Crippen LogP contribution in [-0.2, 0) is 9.36 Å². The van der Waals surface area contributed by atoms with Crippen LogP contribution in [0.3, 0.4) is 0 Å². The molecule has 0 N–H and O–H groups in total. The van der Waals surface area contributed by atoms with Crippen LogP contribution in [0.1, 0.15) is 13.3 Å². The average Bonchev–Trinajstić information content (AvgIpc) is 1.62. The zero-order chi connectivity index (χ0) is 6.78. The number of carbonyl (C=O) groups excluding carboxylic acids is 1. The summed E-state index contributed by atoms with van der Waals surface area (Å²) in [5, 5.41) is 0. The van der Waals surface area contributed by atoms with E-state index in [1.807, 2.05) is 0 Å². The van der Waals surface area contributed by atoms with Crippen molar-refractivity contribution in [2.45, 2.75) is 13.3 Å². The van der Waals surface area contributed by atoms with E-state index in [1.54, 1.807) is 0 Å². The second kappa shape index (κ2) is 4.64. The topological polar surface area (TPSA) is 57.2 Å². The third-order valence-electron chi connectivity index (χ3n) is 0.755. The second-order valence-electron chi connectivity index (χ2n) is 1.59. The van der Waals surface area contributed by atoms with Gasteiger partial charge in [0, 0.05) is 6.42 Å². The Labute approximate surface area is 76.6 Å². The van der Waals surface area contributed by atoms with E-state index in [4.69, 9.17) is 0 Å². The van der Waals surface area contributed by atoms with Gasteiger partial charge in [-0.15, -0.1) is 0 Å². The minimum absolute atomic E-state index is 0. The van der Waals surface area contributed by atoms with Crippen LogP contribution in [0, 0.1) is 0 Å². The van der Waals surface area contributed by atoms with E-state index in [1.165, 1.54) is 6.92 Å². The summed E-state index contributed by atoms with van der Waals surface area (Å²) in [4.78, 5) is 20.5. The standard InChI is InChI=1S/C4H9O3P.Na/c1-3-4(5)8(2,6)7;/h3H2,1-2H3,(H,6,7);/q;+1/p-1. The zero-order valence-corrected chi connectivity index (χ0v) is 8.77. The molecule has 0 bridgehead atoms. The summed E-state index contributed by atoms with van der Waals surface area (Å²) >= 11 is 0. The molecule has 3 nitrogen and oxygen atoms in total. The van der Waals surface area contributed by atoms with Crippen molar-refractivity contribution in [2.75, 3.05) is 6.66 Å². The van der Waals surface area contributed by atoms with Crippen LogP contribution in [0.5, 0.6) is 0 Å². The van der Waals surface area contributed by atoms with Crippen LogP contribution < -0.4 is 34.5 Å². The number of hydrogen-bond donors (Lipinski definition) is 0. The van der Waals surface area contributed by atoms with Crippen molar-refractivity contribution >= 4 is 12.9 Å². The van der Waals surface area contributed by atoms with Crippen LogP contribution in [0.2, 0.25) is 0 Å². The predicted molar refractivity (Wildman–Crippen MR) is 28.8 cm³/mol. The van der Waals surface area contributed by atoms with Crippen molar-refractivity contribution in [2.24, 2.45) is 0 Å². The largest absolute Gasteiger partial charge is 1.00 e. The molecule has 48 valence electrons. The fourth-order valence-corrected chi connectivity index (χ4v) is 0.862. The summed E-state index contributed by atoms with van der Waals surface area (Å²) in [5.74, 6) is 0. The normalized spacial score (nSPS) is 15.4. The Morgan fingerprint density at radius 1 is 1.67 bits per heavy atom. The number of rotatable bonds is 2. The van der Waals surface area contributed by atoms with E-state index in [0.29, 0.717) is 0 Å². The predicted octanol–water partition coefficient (Wildman–Crippen LogP) is -2.80. The summed E-state index contributed by atoms with van der Waals surface area (Å²) < 4.78 is 10.2. The molecule has 0 saturated heterocycles. The summed E-state index contributed by atoms with van der Waals surface area (Å²) in [6, 6.07) is 0. The van der Waals surface area contributed by atoms with Crippen molar-refractivity contribution in [1.29, 1.82) is 0 Å². The van der Waals surface area contributed by atoms with Crippen LogP contribution in [-0.4, -0.2) is 12.2 Å². The maximum atomic E-state index is 10.3. The van der Waals surface area contributed by atoms with E-state index in [2.05, 4.69) is 0 Å². The van der Waals surface area contributed by atoms with Crippen LogP contribution in [0.25, 0.3) is 0 Å². The van der Waals surface area contributed by atoms with Gasteiger partial charge in [-0.25, -0.2) is 0 Å². The van der Waals surface area contributed by atoms with Crippen LogP contribution >= 0.6 is 7.37 Å². The molecule has 0 aliphatic rings. The maximum absolute atomic E-state index is 10.3. The third-order valence-corrected chi connectivity index (χ3v) is 1.98. The van der Waals surface area contributed by atoms with Gasteiger partial charge in [-0.1, -0.05) is 6.92 Å². The molecule has 0 aromatic rings. The van der Waals surface area contributed by atoms with E-state index < -0.39 is 12.9 Å². The molecule has 0 amide bonds. The Bertz CT molecular complexity index is 139. The number of carbonyl (C=O) groups is 1. The Balaban J connectivity index is 0. The molecular weight excluding hydrogens is 150 g/mol. The van der Waals surface area contributed by atoms with Crippen LogP contribution in [0.15, 0.2) is 0 Å². The quantitative estimate of drug-likeness (QED) is 0.322. The average molecular weight is 158 g/mol. The zero-order valence-electron chi connectivity index (χ0n) is 5.88. The van der Waals surface area contributed by atoms with E-state index in [-0.39, 0.29) is 36.0 Å². The molecular formula is C4H8NaO3P. The van der Waals surface area contributed by atoms with Crippen LogP contribution in [0.4, 0.5) is 0 Å². The summed E-state index contributed by atoms with van der Waals surface area (Å²) in [6.07, 6.45) is 0.0806. The number of hydrogen-bond acceptors (Lipinski definition) is 3. The first-order valence-corrected chi connectivity index (χ1v) is 4.37. The summed E-state index contributed by atoms with van der Waals surface area (Å²) in [5.41, 5.74) is -0.669. The van der Waals surface area contributed by atoms with Gasteiger partial charge in [0.15, 0.2) is 5.52 Å². The minimum Gasteiger partial charge on any atom is -0.794 e. The Morgan fingerprint density at radius 3 is 2.00 bits per heavy atom. The first kappa shape index (κ1) is 12.5. The van der Waals surface area contributed by atoms with Gasteiger partial charge in [-0.3, -0.25) is 4.79 Å². The van der Waals surface area contributed by atoms with Gasteiger partial charge in [0.25, 0.3) is 0 Å². The monoisotopic (exact) mass is 158 g/mol. The van der Waals surface area contributed by atoms with E-state index in [9.17, 15) is 14.3 Å². The molecule has 0 aliphatic carbocycles. The van der Waals surface area contributed by atoms with Crippen molar-refractivity contribution in [3.8, 4) is 0 Å². The first-order valence-electron chi connectivity index (χ1n) is 2.30. The van der Waals surface area contributed by atoms with Gasteiger partial charge in [0.2, 0.25) is 0 Å². The third kappa shape index (κ3) is 5.31. The van der Waals surface area contributed by atoms with Gasteiger partial charge in [-0.05, 0) is 6.66 Å². The fourth-order valence-electron chi connectivity index (χ4n) is 0.287. The Morgan fingerprint density at radius 2 is 2.00 bits per heavy atom. The fraction of sp³-hybridized carbons (Fsp3) is 0.750. The van der Waals surface area contributed by atoms with Crippen molar-refractivity contribution in [3.63, 3.8) is 0 Å². The van der Waals surface area contributed by atoms with Gasteiger partial charge in [-0.2, -0.15) is 0 Å². The second-order valence-corrected chi connectivity index (χ2v) is 3.78. The Kier molecular flexibility index (Phi) is 6.46. The molecule has 1 atom stereocenters. The summed E-state index contributed by atoms with van der Waals surface area (Å²) in [7, 11) is -3.65. The maximum Gasteiger partial charge on any atom is 1.00 e. The molecule has 5 heteroatoms. The molecule has 0 saturated carbocycles. The van der Waals surface area contributed by atoms with E-state index >= 15 is 0 Å². The molecule has 0 rings (SSSR count). The molecule has 0 aromatic carbocycles. The van der Waals surface area contributed by atoms with Gasteiger partial charge >= 0.3 is 29.6 Å². The SMILES string of the molecule is CCC(=O)P(C)(=O)[O-].[Na+]. The van der Waals surface area contributed by atoms with Gasteiger partial charge in [0.05, 0.1) is 7.37 Å². The summed E-state index contributed by atoms with van der Waals surface area (Å²) in [6.45, 7) is 2.47. The van der Waals surface area contributed by atoms with Crippen molar-refractivity contribution in [3.05, 3.63) is 0 Å². The molecule has 0 radical (unpaired) electrons. The smallest absolute Gasteiger partial charge is 0.794 e. The van der Waals surface area contributed by atoms with Gasteiger partial charge < -0.3 is 9.46 Å². The minimum atomic E-state index is -3.65. The molecule has 1 unspecified atom stereocenters. The molecule has 9 heavy (non-hydrogen) atoms. The molecule has 0 aliphatic heterocycles. The van der Waals surface area contributed by atoms with Gasteiger partial charge in [0.1, 0.15) is 0 Å². The molecule has 0 spiro atoms. The molecule has 0 heterocycles. The first-order chi connectivity index (χ1) is 3.48. The Hall–Kier alpha value is 0.860. The molecule has 0 aromatic heterocycles. The van der Waals surface area contributed by atoms with Crippen molar-refractivity contribution in [1.82, 2.24) is 0 Å². The van der Waals surface area contributed by atoms with Crippen molar-refractivity contribution < 1.29 is 43.8 Å².